The van der Waals surface area contributed by atoms with Crippen molar-refractivity contribution in [3.8, 4) is 0 Å². The van der Waals surface area contributed by atoms with Gasteiger partial charge in [-0.3, -0.25) is 0 Å². The lowest BCUT2D eigenvalue weighted by Gasteiger charge is -2.31. The molecule has 2 aromatic carbocycles. The third-order valence-electron chi connectivity index (χ3n) is 5.79. The van der Waals surface area contributed by atoms with Crippen LogP contribution in [-0.2, 0) is 10.2 Å². The number of fused-ring (bicyclic) bond motifs is 2. The summed E-state index contributed by atoms with van der Waals surface area (Å²) in [6, 6.07) is 15.0. The molecule has 2 aliphatic heterocycles. The Bertz CT molecular complexity index is 909. The fourth-order valence-corrected chi connectivity index (χ4v) is 4.61. The number of rotatable bonds is 2. The van der Waals surface area contributed by atoms with Gasteiger partial charge in [-0.2, -0.15) is 0 Å². The van der Waals surface area contributed by atoms with E-state index in [1.165, 1.54) is 5.56 Å². The highest BCUT2D eigenvalue weighted by Gasteiger charge is 2.53. The molecule has 1 amide bonds. The average Bonchev–Trinajstić information content (AvgIpc) is 3.23. The van der Waals surface area contributed by atoms with Gasteiger partial charge >= 0.3 is 6.09 Å². The van der Waals surface area contributed by atoms with Gasteiger partial charge in [0.05, 0.1) is 12.1 Å². The molecule has 3 unspecified atom stereocenters. The topological polar surface area (TPSA) is 61.8 Å². The maximum absolute atomic E-state index is 13.1. The smallest absolute Gasteiger partial charge is 0.410 e. The summed E-state index contributed by atoms with van der Waals surface area (Å²) in [6.45, 7) is 6.80. The van der Waals surface area contributed by atoms with Crippen molar-refractivity contribution in [2.24, 2.45) is 0 Å². The maximum atomic E-state index is 13.1. The summed E-state index contributed by atoms with van der Waals surface area (Å²) in [6.07, 6.45) is -0.566. The molecule has 4 rings (SSSR count). The summed E-state index contributed by atoms with van der Waals surface area (Å²) in [4.78, 5) is 14.8. The number of carbonyl (C=O) groups is 1. The number of carbonyl (C=O) groups excluding carboxylic acids is 1. The van der Waals surface area contributed by atoms with Crippen molar-refractivity contribution in [2.45, 2.75) is 50.4 Å². The molecule has 154 valence electrons. The van der Waals surface area contributed by atoms with E-state index >= 15 is 0 Å². The summed E-state index contributed by atoms with van der Waals surface area (Å²) < 4.78 is 5.68. The van der Waals surface area contributed by atoms with Gasteiger partial charge in [0.25, 0.3) is 0 Å². The van der Waals surface area contributed by atoms with Crippen molar-refractivity contribution in [3.63, 3.8) is 0 Å². The average molecular weight is 415 g/mol. The van der Waals surface area contributed by atoms with E-state index in [0.29, 0.717) is 18.0 Å². The summed E-state index contributed by atoms with van der Waals surface area (Å²) in [5, 5.41) is 15.3. The van der Waals surface area contributed by atoms with Crippen LogP contribution in [0.1, 0.15) is 44.4 Å². The monoisotopic (exact) mass is 414 g/mol. The summed E-state index contributed by atoms with van der Waals surface area (Å²) >= 11 is 6.01. The molecule has 2 heterocycles. The molecule has 0 aromatic heterocycles. The van der Waals surface area contributed by atoms with Crippen LogP contribution in [0.25, 0.3) is 0 Å². The lowest BCUT2D eigenvalue weighted by Crippen LogP contribution is -2.43. The van der Waals surface area contributed by atoms with Gasteiger partial charge in [-0.15, -0.1) is 0 Å². The van der Waals surface area contributed by atoms with E-state index in [0.717, 1.165) is 17.8 Å². The van der Waals surface area contributed by atoms with Crippen molar-refractivity contribution >= 4 is 23.4 Å². The number of halogens is 1. The molecule has 1 spiro atoms. The minimum atomic E-state index is -0.827. The predicted molar refractivity (Wildman–Crippen MR) is 114 cm³/mol. The number of nitrogens with zero attached hydrogens (tertiary/aromatic N) is 1. The van der Waals surface area contributed by atoms with E-state index in [4.69, 9.17) is 16.3 Å². The van der Waals surface area contributed by atoms with Crippen LogP contribution in [0.5, 0.6) is 0 Å². The van der Waals surface area contributed by atoms with E-state index in [9.17, 15) is 9.90 Å². The second-order valence-corrected chi connectivity index (χ2v) is 9.49. The van der Waals surface area contributed by atoms with Gasteiger partial charge in [-0.25, -0.2) is 4.79 Å². The molecule has 5 nitrogen and oxygen atoms in total. The zero-order valence-corrected chi connectivity index (χ0v) is 17.7. The largest absolute Gasteiger partial charge is 0.444 e. The van der Waals surface area contributed by atoms with Crippen LogP contribution in [0, 0.1) is 0 Å². The van der Waals surface area contributed by atoms with Crippen molar-refractivity contribution < 1.29 is 14.6 Å². The van der Waals surface area contributed by atoms with Crippen LogP contribution >= 0.6 is 11.6 Å². The zero-order valence-electron chi connectivity index (χ0n) is 17.0. The standard InChI is InChI=1S/C23H27ClN2O3/c1-22(2,3)29-21(28)26-14-23(13-25-18-7-5-4-6-17(18)23)12-19(26)20(27)15-8-10-16(24)11-9-15/h4-11,19-20,25,27H,12-14H2,1-3H3. The Kier molecular flexibility index (Phi) is 4.99. The first-order valence-electron chi connectivity index (χ1n) is 9.95. The third kappa shape index (κ3) is 3.81. The van der Waals surface area contributed by atoms with Crippen molar-refractivity contribution in [1.29, 1.82) is 0 Å². The Morgan fingerprint density at radius 1 is 1.24 bits per heavy atom. The zero-order chi connectivity index (χ0) is 20.8. The Balaban J connectivity index is 1.69. The molecular formula is C23H27ClN2O3. The van der Waals surface area contributed by atoms with Crippen LogP contribution in [0.15, 0.2) is 48.5 Å². The van der Waals surface area contributed by atoms with E-state index < -0.39 is 17.8 Å². The van der Waals surface area contributed by atoms with Gasteiger partial charge in [-0.05, 0) is 56.5 Å². The second kappa shape index (κ2) is 7.22. The fourth-order valence-electron chi connectivity index (χ4n) is 4.49. The van der Waals surface area contributed by atoms with Gasteiger partial charge in [0.1, 0.15) is 5.60 Å². The lowest BCUT2D eigenvalue weighted by atomic mass is 9.79. The Morgan fingerprint density at radius 2 is 1.93 bits per heavy atom. The SMILES string of the molecule is CC(C)(C)OC(=O)N1CC2(CNc3ccccc32)CC1C(O)c1ccc(Cl)cc1. The molecule has 3 atom stereocenters. The highest BCUT2D eigenvalue weighted by atomic mass is 35.5. The van der Waals surface area contributed by atoms with Crippen molar-refractivity contribution in [1.82, 2.24) is 4.90 Å². The van der Waals surface area contributed by atoms with Gasteiger partial charge < -0.3 is 20.1 Å². The van der Waals surface area contributed by atoms with Crippen LogP contribution in [0.3, 0.4) is 0 Å². The van der Waals surface area contributed by atoms with E-state index in [-0.39, 0.29) is 11.5 Å². The third-order valence-corrected chi connectivity index (χ3v) is 6.04. The first-order chi connectivity index (χ1) is 13.7. The van der Waals surface area contributed by atoms with Crippen LogP contribution in [0.2, 0.25) is 5.02 Å². The number of hydrogen-bond donors (Lipinski definition) is 2. The Hall–Kier alpha value is -2.24. The minimum absolute atomic E-state index is 0.244. The molecule has 0 saturated carbocycles. The lowest BCUT2D eigenvalue weighted by molar-refractivity contribution is 0.00470. The van der Waals surface area contributed by atoms with Gasteiger partial charge in [-0.1, -0.05) is 41.9 Å². The van der Waals surface area contributed by atoms with E-state index in [1.807, 2.05) is 45.0 Å². The van der Waals surface area contributed by atoms with Crippen molar-refractivity contribution in [2.75, 3.05) is 18.4 Å². The number of nitrogens with one attached hydrogen (secondary N) is 1. The van der Waals surface area contributed by atoms with E-state index in [1.54, 1.807) is 17.0 Å². The number of hydrogen-bond acceptors (Lipinski definition) is 4. The number of anilines is 1. The van der Waals surface area contributed by atoms with Crippen molar-refractivity contribution in [3.05, 3.63) is 64.7 Å². The van der Waals surface area contributed by atoms with Crippen LogP contribution in [0.4, 0.5) is 10.5 Å². The number of amides is 1. The van der Waals surface area contributed by atoms with Gasteiger partial charge in [0.15, 0.2) is 0 Å². The molecule has 2 aliphatic rings. The molecule has 1 fully saturated rings. The first-order valence-corrected chi connectivity index (χ1v) is 10.3. The Labute approximate surface area is 176 Å². The molecule has 6 heteroatoms. The fraction of sp³-hybridized carbons (Fsp3) is 0.435. The summed E-state index contributed by atoms with van der Waals surface area (Å²) in [5.74, 6) is 0. The van der Waals surface area contributed by atoms with Crippen LogP contribution in [-0.4, -0.2) is 40.8 Å². The molecule has 29 heavy (non-hydrogen) atoms. The molecule has 0 bridgehead atoms. The Morgan fingerprint density at radius 3 is 2.62 bits per heavy atom. The molecule has 2 N–H and O–H groups in total. The number of ether oxygens (including phenoxy) is 1. The number of aliphatic hydroxyl groups is 1. The normalized spacial score (nSPS) is 24.3. The number of likely N-dealkylation sites (tertiary alicyclic amines) is 1. The minimum Gasteiger partial charge on any atom is -0.444 e. The number of aliphatic hydroxyl groups excluding tert-OH is 1. The molecule has 2 aromatic rings. The maximum Gasteiger partial charge on any atom is 0.410 e. The van der Waals surface area contributed by atoms with Crippen LogP contribution < -0.4 is 5.32 Å². The first kappa shape index (κ1) is 20.0. The quantitative estimate of drug-likeness (QED) is 0.744. The molecular weight excluding hydrogens is 388 g/mol. The van der Waals surface area contributed by atoms with Gasteiger partial charge in [0.2, 0.25) is 0 Å². The highest BCUT2D eigenvalue weighted by Crippen LogP contribution is 2.48. The molecule has 0 aliphatic carbocycles. The summed E-state index contributed by atoms with van der Waals surface area (Å²) in [5.41, 5.74) is 2.18. The summed E-state index contributed by atoms with van der Waals surface area (Å²) in [7, 11) is 0. The van der Waals surface area contributed by atoms with E-state index in [2.05, 4.69) is 17.4 Å². The van der Waals surface area contributed by atoms with Gasteiger partial charge in [0, 0.05) is 29.2 Å². The highest BCUT2D eigenvalue weighted by molar-refractivity contribution is 6.30. The number of benzene rings is 2. The molecule has 0 radical (unpaired) electrons. The predicted octanol–water partition coefficient (Wildman–Crippen LogP) is 4.75. The number of para-hydroxylation sites is 1. The second-order valence-electron chi connectivity index (χ2n) is 9.06. The molecule has 1 saturated heterocycles.